The van der Waals surface area contributed by atoms with Crippen LogP contribution in [0.25, 0.3) is 0 Å². The molecule has 47 heavy (non-hydrogen) atoms. The van der Waals surface area contributed by atoms with E-state index in [1.165, 1.54) is 47.4 Å². The molecule has 2 amide bonds. The average Bonchev–Trinajstić information content (AvgIpc) is 3.07. The van der Waals surface area contributed by atoms with Crippen LogP contribution in [0, 0.1) is 5.82 Å². The van der Waals surface area contributed by atoms with Crippen LogP contribution < -0.4 is 9.62 Å². The number of carbonyl (C=O) groups excluding carboxylic acids is 2. The van der Waals surface area contributed by atoms with Crippen LogP contribution in [-0.4, -0.2) is 43.8 Å². The number of nitrogens with one attached hydrogen (secondary N) is 1. The fourth-order valence-corrected chi connectivity index (χ4v) is 7.82. The third-order valence-electron chi connectivity index (χ3n) is 8.28. The summed E-state index contributed by atoms with van der Waals surface area (Å²) in [6, 6.07) is 26.0. The normalized spacial score (nSPS) is 14.3. The molecule has 5 rings (SSSR count). The fourth-order valence-electron chi connectivity index (χ4n) is 5.80. The lowest BCUT2D eigenvalue weighted by Crippen LogP contribution is -2.55. The van der Waals surface area contributed by atoms with Gasteiger partial charge in [0, 0.05) is 24.0 Å². The van der Waals surface area contributed by atoms with E-state index in [1.807, 2.05) is 30.3 Å². The van der Waals surface area contributed by atoms with Gasteiger partial charge in [0.25, 0.3) is 10.0 Å². The summed E-state index contributed by atoms with van der Waals surface area (Å²) < 4.78 is 43.1. The highest BCUT2D eigenvalue weighted by Crippen LogP contribution is 2.33. The smallest absolute Gasteiger partial charge is 0.264 e. The predicted octanol–water partition coefficient (Wildman–Crippen LogP) is 7.42. The van der Waals surface area contributed by atoms with E-state index in [2.05, 4.69) is 5.32 Å². The Balaban J connectivity index is 1.57. The lowest BCUT2D eigenvalue weighted by molar-refractivity contribution is -0.140. The van der Waals surface area contributed by atoms with Gasteiger partial charge in [-0.1, -0.05) is 103 Å². The van der Waals surface area contributed by atoms with E-state index >= 15 is 0 Å². The maximum atomic E-state index is 14.6. The Morgan fingerprint density at radius 3 is 2.11 bits per heavy atom. The highest BCUT2D eigenvalue weighted by molar-refractivity contribution is 7.92. The van der Waals surface area contributed by atoms with Crippen molar-refractivity contribution in [1.82, 2.24) is 10.2 Å². The number of halogens is 3. The highest BCUT2D eigenvalue weighted by atomic mass is 35.5. The molecule has 0 spiro atoms. The third kappa shape index (κ3) is 8.91. The second-order valence-corrected chi connectivity index (χ2v) is 14.3. The monoisotopic (exact) mass is 695 g/mol. The Bertz CT molecular complexity index is 1770. The first-order valence-corrected chi connectivity index (χ1v) is 17.7. The summed E-state index contributed by atoms with van der Waals surface area (Å²) in [5.74, 6) is -1.42. The first-order valence-electron chi connectivity index (χ1n) is 15.5. The average molecular weight is 697 g/mol. The zero-order valence-corrected chi connectivity index (χ0v) is 28.0. The summed E-state index contributed by atoms with van der Waals surface area (Å²) >= 11 is 12.7. The first kappa shape index (κ1) is 34.4. The van der Waals surface area contributed by atoms with Gasteiger partial charge in [0.05, 0.1) is 15.6 Å². The number of carbonyl (C=O) groups is 2. The molecule has 1 fully saturated rings. The Labute approximate surface area is 285 Å². The summed E-state index contributed by atoms with van der Waals surface area (Å²) in [5.41, 5.74) is 1.45. The number of hydrogen-bond acceptors (Lipinski definition) is 4. The molecule has 0 aromatic heterocycles. The number of hydrogen-bond donors (Lipinski definition) is 1. The van der Waals surface area contributed by atoms with Gasteiger partial charge in [-0.15, -0.1) is 0 Å². The molecule has 1 atom stereocenters. The van der Waals surface area contributed by atoms with Crippen molar-refractivity contribution in [3.8, 4) is 0 Å². The number of rotatable bonds is 12. The maximum absolute atomic E-state index is 14.6. The second kappa shape index (κ2) is 15.8. The van der Waals surface area contributed by atoms with Gasteiger partial charge in [0.15, 0.2) is 0 Å². The first-order chi connectivity index (χ1) is 22.6. The number of nitrogens with zero attached hydrogens (tertiary/aromatic N) is 2. The summed E-state index contributed by atoms with van der Waals surface area (Å²) in [6.45, 7) is -0.732. The molecule has 0 bridgehead atoms. The molecular formula is C36H36Cl2FN3O4S. The van der Waals surface area contributed by atoms with E-state index in [0.29, 0.717) is 10.6 Å². The molecule has 0 aliphatic heterocycles. The molecule has 0 saturated heterocycles. The minimum absolute atomic E-state index is 0.0277. The van der Waals surface area contributed by atoms with E-state index in [4.69, 9.17) is 23.2 Å². The van der Waals surface area contributed by atoms with Gasteiger partial charge in [-0.2, -0.15) is 0 Å². The van der Waals surface area contributed by atoms with Gasteiger partial charge < -0.3 is 10.2 Å². The fraction of sp³-hybridized carbons (Fsp3) is 0.278. The SMILES string of the molecule is O=C(NC1CCCCC1)[C@@H](Cc1ccccc1)N(Cc1ccc(F)cc1)C(=O)CN(c1ccc(Cl)cc1Cl)S(=O)(=O)c1ccccc1. The summed E-state index contributed by atoms with van der Waals surface area (Å²) in [5, 5.41) is 3.49. The topological polar surface area (TPSA) is 86.8 Å². The highest BCUT2D eigenvalue weighted by Gasteiger charge is 2.36. The number of amides is 2. The molecular weight excluding hydrogens is 660 g/mol. The summed E-state index contributed by atoms with van der Waals surface area (Å²) in [7, 11) is -4.32. The molecule has 4 aromatic carbocycles. The van der Waals surface area contributed by atoms with E-state index in [9.17, 15) is 22.4 Å². The molecule has 0 unspecified atom stereocenters. The van der Waals surface area contributed by atoms with E-state index in [1.54, 1.807) is 30.3 Å². The molecule has 0 heterocycles. The van der Waals surface area contributed by atoms with E-state index < -0.39 is 34.3 Å². The van der Waals surface area contributed by atoms with Crippen LogP contribution in [-0.2, 0) is 32.6 Å². The Morgan fingerprint density at radius 2 is 1.47 bits per heavy atom. The van der Waals surface area contributed by atoms with Gasteiger partial charge >= 0.3 is 0 Å². The molecule has 1 N–H and O–H groups in total. The van der Waals surface area contributed by atoms with Crippen LogP contribution in [0.4, 0.5) is 10.1 Å². The van der Waals surface area contributed by atoms with Crippen molar-refractivity contribution in [2.75, 3.05) is 10.8 Å². The Kier molecular flexibility index (Phi) is 11.6. The van der Waals surface area contributed by atoms with Gasteiger partial charge in [-0.3, -0.25) is 13.9 Å². The van der Waals surface area contributed by atoms with Crippen LogP contribution >= 0.6 is 23.2 Å². The number of anilines is 1. The van der Waals surface area contributed by atoms with Crippen LogP contribution in [0.1, 0.15) is 43.2 Å². The molecule has 0 radical (unpaired) electrons. The van der Waals surface area contributed by atoms with Crippen molar-refractivity contribution >= 4 is 50.7 Å². The molecule has 246 valence electrons. The van der Waals surface area contributed by atoms with Crippen molar-refractivity contribution in [3.63, 3.8) is 0 Å². The summed E-state index contributed by atoms with van der Waals surface area (Å²) in [6.07, 6.45) is 4.97. The molecule has 1 aliphatic carbocycles. The molecule has 7 nitrogen and oxygen atoms in total. The Morgan fingerprint density at radius 1 is 0.830 bits per heavy atom. The lowest BCUT2D eigenvalue weighted by Gasteiger charge is -2.35. The zero-order valence-electron chi connectivity index (χ0n) is 25.7. The standard InChI is InChI=1S/C36H36Cl2FN3O4S/c37-28-18-21-33(32(38)23-28)42(47(45,46)31-14-8-3-9-15-31)25-35(43)41(24-27-16-19-29(39)20-17-27)34(22-26-10-4-1-5-11-26)36(44)40-30-12-6-2-7-13-30/h1,3-5,8-11,14-21,23,30,34H,2,6-7,12-13,22,24-25H2,(H,40,44)/t34-/m1/s1. The van der Waals surface area contributed by atoms with Crippen molar-refractivity contribution < 1.29 is 22.4 Å². The maximum Gasteiger partial charge on any atom is 0.264 e. The van der Waals surface area contributed by atoms with E-state index in [-0.39, 0.29) is 40.5 Å². The summed E-state index contributed by atoms with van der Waals surface area (Å²) in [4.78, 5) is 30.1. The Hall–Kier alpha value is -3.92. The lowest BCUT2D eigenvalue weighted by atomic mass is 9.94. The van der Waals surface area contributed by atoms with Crippen molar-refractivity contribution in [1.29, 1.82) is 0 Å². The largest absolute Gasteiger partial charge is 0.352 e. The van der Waals surface area contributed by atoms with Gasteiger partial charge in [-0.25, -0.2) is 12.8 Å². The zero-order chi connectivity index (χ0) is 33.4. The number of benzene rings is 4. The molecule has 11 heteroatoms. The van der Waals surface area contributed by atoms with Crippen LogP contribution in [0.15, 0.2) is 108 Å². The number of sulfonamides is 1. The van der Waals surface area contributed by atoms with Crippen molar-refractivity contribution in [3.05, 3.63) is 130 Å². The third-order valence-corrected chi connectivity index (χ3v) is 10.6. The van der Waals surface area contributed by atoms with Gasteiger partial charge in [0.2, 0.25) is 11.8 Å². The van der Waals surface area contributed by atoms with Gasteiger partial charge in [0.1, 0.15) is 18.4 Å². The molecule has 1 aliphatic rings. The minimum atomic E-state index is -4.32. The van der Waals surface area contributed by atoms with Crippen molar-refractivity contribution in [2.24, 2.45) is 0 Å². The predicted molar refractivity (Wildman–Crippen MR) is 183 cm³/mol. The van der Waals surface area contributed by atoms with Crippen LogP contribution in [0.2, 0.25) is 10.0 Å². The minimum Gasteiger partial charge on any atom is -0.352 e. The second-order valence-electron chi connectivity index (χ2n) is 11.6. The van der Waals surface area contributed by atoms with Gasteiger partial charge in [-0.05, 0) is 66.4 Å². The van der Waals surface area contributed by atoms with E-state index in [0.717, 1.165) is 42.0 Å². The quantitative estimate of drug-likeness (QED) is 0.167. The molecule has 1 saturated carbocycles. The van der Waals surface area contributed by atoms with Crippen molar-refractivity contribution in [2.45, 2.75) is 62.0 Å². The van der Waals surface area contributed by atoms with Crippen LogP contribution in [0.5, 0.6) is 0 Å². The van der Waals surface area contributed by atoms with Crippen LogP contribution in [0.3, 0.4) is 0 Å². The molecule has 4 aromatic rings.